The summed E-state index contributed by atoms with van der Waals surface area (Å²) in [7, 11) is 0. The second kappa shape index (κ2) is 7.13. The number of likely N-dealkylation sites (tertiary alicyclic amines) is 1. The zero-order valence-electron chi connectivity index (χ0n) is 15.7. The van der Waals surface area contributed by atoms with Crippen molar-refractivity contribution in [3.63, 3.8) is 0 Å². The summed E-state index contributed by atoms with van der Waals surface area (Å²) in [5.41, 5.74) is 4.54. The lowest BCUT2D eigenvalue weighted by atomic mass is 10.1. The molecule has 6 heteroatoms. The van der Waals surface area contributed by atoms with E-state index in [1.54, 1.807) is 24.4 Å². The van der Waals surface area contributed by atoms with Gasteiger partial charge in [0.25, 0.3) is 5.91 Å². The van der Waals surface area contributed by atoms with Crippen LogP contribution in [-0.4, -0.2) is 38.8 Å². The van der Waals surface area contributed by atoms with E-state index in [9.17, 15) is 9.18 Å². The van der Waals surface area contributed by atoms with E-state index in [0.29, 0.717) is 11.4 Å². The minimum absolute atomic E-state index is 0.0152. The second-order valence-corrected chi connectivity index (χ2v) is 7.26. The number of nitrogens with one attached hydrogen (secondary N) is 1. The summed E-state index contributed by atoms with van der Waals surface area (Å²) in [6.45, 7) is 1.60. The van der Waals surface area contributed by atoms with Crippen molar-refractivity contribution in [2.24, 2.45) is 0 Å². The molecular weight excluding hydrogens is 367 g/mol. The number of rotatable bonds is 3. The van der Waals surface area contributed by atoms with Crippen LogP contribution in [0, 0.1) is 5.82 Å². The monoisotopic (exact) mass is 386 g/mol. The van der Waals surface area contributed by atoms with Gasteiger partial charge in [-0.05, 0) is 66.9 Å². The predicted octanol–water partition coefficient (Wildman–Crippen LogP) is 4.67. The van der Waals surface area contributed by atoms with E-state index in [4.69, 9.17) is 0 Å². The molecule has 1 saturated heterocycles. The minimum atomic E-state index is -0.264. The number of nitrogens with zero attached hydrogens (tertiary/aromatic N) is 3. The Labute approximate surface area is 167 Å². The number of hydrogen-bond acceptors (Lipinski definition) is 3. The number of fused-ring (bicyclic) bond motifs is 1. The van der Waals surface area contributed by atoms with Crippen LogP contribution in [-0.2, 0) is 0 Å². The number of aromatic nitrogens is 3. The Morgan fingerprint density at radius 3 is 2.59 bits per heavy atom. The summed E-state index contributed by atoms with van der Waals surface area (Å²) < 4.78 is 13.2. The first-order valence-electron chi connectivity index (χ1n) is 9.69. The van der Waals surface area contributed by atoms with Gasteiger partial charge in [0.05, 0.1) is 5.69 Å². The van der Waals surface area contributed by atoms with Crippen LogP contribution in [0.25, 0.3) is 33.5 Å². The number of pyridine rings is 2. The highest BCUT2D eigenvalue weighted by Crippen LogP contribution is 2.27. The Balaban J connectivity index is 1.48. The standard InChI is InChI=1S/C23H19FN4O/c24-18-8-6-15(7-9-18)21-13-16-12-17(14-25-22(16)27-21)19-4-3-5-20(26-19)23(29)28-10-1-2-11-28/h3-9,12-14H,1-2,10-11H2,(H,25,27). The molecule has 144 valence electrons. The fourth-order valence-electron chi connectivity index (χ4n) is 3.74. The van der Waals surface area contributed by atoms with E-state index in [1.165, 1.54) is 12.1 Å². The average Bonchev–Trinajstić information content (AvgIpc) is 3.43. The summed E-state index contributed by atoms with van der Waals surface area (Å²) >= 11 is 0. The van der Waals surface area contributed by atoms with Crippen molar-refractivity contribution >= 4 is 16.9 Å². The lowest BCUT2D eigenvalue weighted by Gasteiger charge is -2.14. The van der Waals surface area contributed by atoms with Gasteiger partial charge >= 0.3 is 0 Å². The molecule has 5 nitrogen and oxygen atoms in total. The van der Waals surface area contributed by atoms with Crippen LogP contribution in [0.15, 0.2) is 60.8 Å². The smallest absolute Gasteiger partial charge is 0.272 e. The van der Waals surface area contributed by atoms with E-state index >= 15 is 0 Å². The van der Waals surface area contributed by atoms with Crippen molar-refractivity contribution in [2.75, 3.05) is 13.1 Å². The van der Waals surface area contributed by atoms with Gasteiger partial charge in [-0.15, -0.1) is 0 Å². The first kappa shape index (κ1) is 17.6. The minimum Gasteiger partial charge on any atom is -0.339 e. The summed E-state index contributed by atoms with van der Waals surface area (Å²) in [4.78, 5) is 26.9. The molecule has 4 heterocycles. The zero-order chi connectivity index (χ0) is 19.8. The Hall–Kier alpha value is -3.54. The highest BCUT2D eigenvalue weighted by Gasteiger charge is 2.20. The molecule has 0 aliphatic carbocycles. The molecule has 1 N–H and O–H groups in total. The molecule has 1 aliphatic heterocycles. The maximum Gasteiger partial charge on any atom is 0.272 e. The first-order valence-corrected chi connectivity index (χ1v) is 9.69. The molecular formula is C23H19FN4O. The highest BCUT2D eigenvalue weighted by atomic mass is 19.1. The summed E-state index contributed by atoms with van der Waals surface area (Å²) in [5.74, 6) is -0.279. The fraction of sp³-hybridized carbons (Fsp3) is 0.174. The number of carbonyl (C=O) groups excluding carboxylic acids is 1. The van der Waals surface area contributed by atoms with Crippen molar-refractivity contribution in [1.29, 1.82) is 0 Å². The first-order chi connectivity index (χ1) is 14.2. The quantitative estimate of drug-likeness (QED) is 0.557. The molecule has 0 bridgehead atoms. The molecule has 29 heavy (non-hydrogen) atoms. The van der Waals surface area contributed by atoms with Gasteiger partial charge in [0.15, 0.2) is 0 Å². The van der Waals surface area contributed by atoms with E-state index in [0.717, 1.165) is 53.8 Å². The largest absolute Gasteiger partial charge is 0.339 e. The Morgan fingerprint density at radius 2 is 1.79 bits per heavy atom. The molecule has 1 fully saturated rings. The summed E-state index contributed by atoms with van der Waals surface area (Å²) in [5, 5.41) is 0.930. The van der Waals surface area contributed by atoms with Crippen molar-refractivity contribution in [3.8, 4) is 22.5 Å². The van der Waals surface area contributed by atoms with E-state index in [-0.39, 0.29) is 11.7 Å². The van der Waals surface area contributed by atoms with Gasteiger partial charge in [-0.25, -0.2) is 14.4 Å². The van der Waals surface area contributed by atoms with Crippen LogP contribution >= 0.6 is 0 Å². The third-order valence-corrected chi connectivity index (χ3v) is 5.28. The third-order valence-electron chi connectivity index (χ3n) is 5.28. The molecule has 1 aliphatic rings. The van der Waals surface area contributed by atoms with Gasteiger partial charge in [0.1, 0.15) is 17.2 Å². The van der Waals surface area contributed by atoms with Crippen LogP contribution < -0.4 is 0 Å². The molecule has 4 aromatic rings. The molecule has 1 aromatic carbocycles. The molecule has 0 spiro atoms. The number of benzene rings is 1. The van der Waals surface area contributed by atoms with Gasteiger partial charge in [-0.3, -0.25) is 4.79 Å². The maximum atomic E-state index is 13.2. The highest BCUT2D eigenvalue weighted by molar-refractivity contribution is 5.93. The van der Waals surface area contributed by atoms with Crippen LogP contribution in [0.3, 0.4) is 0 Å². The van der Waals surface area contributed by atoms with E-state index in [2.05, 4.69) is 15.0 Å². The number of amides is 1. The Morgan fingerprint density at radius 1 is 1.00 bits per heavy atom. The van der Waals surface area contributed by atoms with Crippen LogP contribution in [0.2, 0.25) is 0 Å². The number of carbonyl (C=O) groups is 1. The van der Waals surface area contributed by atoms with E-state index < -0.39 is 0 Å². The van der Waals surface area contributed by atoms with Crippen LogP contribution in [0.1, 0.15) is 23.3 Å². The van der Waals surface area contributed by atoms with Crippen LogP contribution in [0.5, 0.6) is 0 Å². The van der Waals surface area contributed by atoms with Crippen molar-refractivity contribution in [3.05, 3.63) is 72.3 Å². The molecule has 1 amide bonds. The number of aromatic amines is 1. The number of halogens is 1. The normalized spacial score (nSPS) is 13.9. The molecule has 0 atom stereocenters. The maximum absolute atomic E-state index is 13.2. The summed E-state index contributed by atoms with van der Waals surface area (Å²) in [6, 6.07) is 15.8. The van der Waals surface area contributed by atoms with Crippen LogP contribution in [0.4, 0.5) is 4.39 Å². The molecule has 0 unspecified atom stereocenters. The van der Waals surface area contributed by atoms with Gasteiger partial charge in [0.2, 0.25) is 0 Å². The molecule has 0 saturated carbocycles. The Kier molecular flexibility index (Phi) is 4.31. The second-order valence-electron chi connectivity index (χ2n) is 7.26. The van der Waals surface area contributed by atoms with Crippen molar-refractivity contribution in [1.82, 2.24) is 19.9 Å². The van der Waals surface area contributed by atoms with Gasteiger partial charge in [-0.2, -0.15) is 0 Å². The van der Waals surface area contributed by atoms with Crippen molar-refractivity contribution < 1.29 is 9.18 Å². The number of H-pyrrole nitrogens is 1. The van der Waals surface area contributed by atoms with Crippen molar-refractivity contribution in [2.45, 2.75) is 12.8 Å². The van der Waals surface area contributed by atoms with Gasteiger partial charge in [0, 0.05) is 35.9 Å². The lowest BCUT2D eigenvalue weighted by molar-refractivity contribution is 0.0787. The Bertz CT molecular complexity index is 1190. The molecule has 3 aromatic heterocycles. The zero-order valence-corrected chi connectivity index (χ0v) is 15.7. The third kappa shape index (κ3) is 3.38. The topological polar surface area (TPSA) is 61.9 Å². The SMILES string of the molecule is O=C(c1cccc(-c2cnc3[nH]c(-c4ccc(F)cc4)cc3c2)n1)N1CCCC1. The molecule has 5 rings (SSSR count). The van der Waals surface area contributed by atoms with Gasteiger partial charge in [-0.1, -0.05) is 6.07 Å². The molecule has 0 radical (unpaired) electrons. The predicted molar refractivity (Wildman–Crippen MR) is 110 cm³/mol. The lowest BCUT2D eigenvalue weighted by Crippen LogP contribution is -2.28. The fourth-order valence-corrected chi connectivity index (χ4v) is 3.74. The average molecular weight is 386 g/mol. The van der Waals surface area contributed by atoms with E-state index in [1.807, 2.05) is 29.2 Å². The summed E-state index contributed by atoms with van der Waals surface area (Å²) in [6.07, 6.45) is 3.85. The van der Waals surface area contributed by atoms with Gasteiger partial charge < -0.3 is 9.88 Å². The number of hydrogen-bond donors (Lipinski definition) is 1.